The van der Waals surface area contributed by atoms with Crippen molar-refractivity contribution in [2.45, 2.75) is 27.0 Å². The molecule has 2 rings (SSSR count). The van der Waals surface area contributed by atoms with E-state index >= 15 is 0 Å². The highest BCUT2D eigenvalue weighted by Crippen LogP contribution is 2.35. The van der Waals surface area contributed by atoms with Crippen molar-refractivity contribution < 1.29 is 18.0 Å². The van der Waals surface area contributed by atoms with Crippen LogP contribution < -0.4 is 5.32 Å². The Bertz CT molecular complexity index is 690. The third-order valence-electron chi connectivity index (χ3n) is 2.70. The fourth-order valence-corrected chi connectivity index (χ4v) is 4.19. The van der Waals surface area contributed by atoms with E-state index in [9.17, 15) is 18.0 Å². The van der Waals surface area contributed by atoms with Crippen molar-refractivity contribution in [3.8, 4) is 0 Å². The van der Waals surface area contributed by atoms with Crippen LogP contribution in [0, 0.1) is 0 Å². The van der Waals surface area contributed by atoms with Crippen LogP contribution in [0.3, 0.4) is 0 Å². The molecule has 0 aliphatic carbocycles. The van der Waals surface area contributed by atoms with Gasteiger partial charge >= 0.3 is 6.18 Å². The molecule has 10 heteroatoms. The maximum Gasteiger partial charge on any atom is 0.418 e. The molecule has 1 aromatic heterocycles. The van der Waals surface area contributed by atoms with Gasteiger partial charge in [0.2, 0.25) is 5.91 Å². The largest absolute Gasteiger partial charge is 0.418 e. The number of carbonyl (C=O) groups is 1. The number of carbonyl (C=O) groups excluding carboxylic acids is 1. The molecule has 0 fully saturated rings. The van der Waals surface area contributed by atoms with Crippen molar-refractivity contribution in [2.75, 3.05) is 11.6 Å². The quantitative estimate of drug-likeness (QED) is 0.781. The van der Waals surface area contributed by atoms with Gasteiger partial charge in [-0.25, -0.2) is 0 Å². The number of hydrogen-bond donors (Lipinski definition) is 1. The number of rotatable bonds is 5. The fourth-order valence-electron chi connectivity index (χ4n) is 1.61. The van der Waals surface area contributed by atoms with E-state index in [1.54, 1.807) is 6.92 Å². The number of alkyl halides is 3. The van der Waals surface area contributed by atoms with Crippen molar-refractivity contribution in [1.29, 1.82) is 0 Å². The molecule has 0 saturated heterocycles. The van der Waals surface area contributed by atoms with Crippen LogP contribution in [0.4, 0.5) is 18.9 Å². The smallest absolute Gasteiger partial charge is 0.325 e. The van der Waals surface area contributed by atoms with Gasteiger partial charge in [0.05, 0.1) is 16.5 Å². The molecule has 1 N–H and O–H groups in total. The third kappa shape index (κ3) is 4.85. The van der Waals surface area contributed by atoms with Crippen LogP contribution in [0.1, 0.15) is 12.5 Å². The van der Waals surface area contributed by atoms with E-state index in [4.69, 9.17) is 0 Å². The van der Waals surface area contributed by atoms with E-state index in [1.807, 2.05) is 6.26 Å². The predicted octanol–water partition coefficient (Wildman–Crippen LogP) is 4.40. The first kappa shape index (κ1) is 18.1. The molecular formula is C13H12F3N3OS3. The number of hydrogen-bond acceptors (Lipinski definition) is 6. The number of para-hydroxylation sites is 1. The lowest BCUT2D eigenvalue weighted by atomic mass is 10.1. The Labute approximate surface area is 143 Å². The molecule has 124 valence electrons. The second kappa shape index (κ2) is 7.54. The van der Waals surface area contributed by atoms with Crippen molar-refractivity contribution in [1.82, 2.24) is 10.2 Å². The monoisotopic (exact) mass is 379 g/mol. The molecular weight excluding hydrogens is 367 g/mol. The first-order valence-corrected chi connectivity index (χ1v) is 9.24. The lowest BCUT2D eigenvalue weighted by Gasteiger charge is -2.15. The molecule has 1 atom stereocenters. The number of thioether (sulfide) groups is 2. The zero-order chi connectivity index (χ0) is 17.0. The second-order valence-corrected chi connectivity index (χ2v) is 7.95. The van der Waals surface area contributed by atoms with Crippen LogP contribution in [-0.2, 0) is 11.0 Å². The first-order chi connectivity index (χ1) is 10.8. The van der Waals surface area contributed by atoms with E-state index < -0.39 is 22.9 Å². The summed E-state index contributed by atoms with van der Waals surface area (Å²) in [6, 6.07) is 4.89. The number of benzene rings is 1. The van der Waals surface area contributed by atoms with E-state index in [0.717, 1.165) is 22.2 Å². The van der Waals surface area contributed by atoms with Gasteiger partial charge in [-0.05, 0) is 25.3 Å². The third-order valence-corrected chi connectivity index (χ3v) is 5.78. The van der Waals surface area contributed by atoms with Gasteiger partial charge in [-0.3, -0.25) is 4.79 Å². The Morgan fingerprint density at radius 2 is 1.91 bits per heavy atom. The van der Waals surface area contributed by atoms with Crippen molar-refractivity contribution in [3.05, 3.63) is 29.8 Å². The lowest BCUT2D eigenvalue weighted by Crippen LogP contribution is -2.24. The van der Waals surface area contributed by atoms with Gasteiger partial charge in [0.25, 0.3) is 0 Å². The van der Waals surface area contributed by atoms with Gasteiger partial charge < -0.3 is 5.32 Å². The minimum absolute atomic E-state index is 0.250. The molecule has 1 heterocycles. The van der Waals surface area contributed by atoms with Crippen LogP contribution in [0.25, 0.3) is 0 Å². The Hall–Kier alpha value is -1.26. The van der Waals surface area contributed by atoms with Crippen molar-refractivity contribution in [2.24, 2.45) is 0 Å². The highest BCUT2D eigenvalue weighted by molar-refractivity contribution is 8.03. The predicted molar refractivity (Wildman–Crippen MR) is 87.1 cm³/mol. The topological polar surface area (TPSA) is 54.9 Å². The molecule has 1 unspecified atom stereocenters. The summed E-state index contributed by atoms with van der Waals surface area (Å²) in [5.74, 6) is -0.521. The molecule has 0 saturated carbocycles. The van der Waals surface area contributed by atoms with E-state index in [-0.39, 0.29) is 5.69 Å². The van der Waals surface area contributed by atoms with Crippen LogP contribution in [0.5, 0.6) is 0 Å². The summed E-state index contributed by atoms with van der Waals surface area (Å²) in [6.07, 6.45) is -2.66. The van der Waals surface area contributed by atoms with Gasteiger partial charge in [0.15, 0.2) is 8.68 Å². The average Bonchev–Trinajstić information content (AvgIpc) is 2.94. The molecule has 1 aromatic carbocycles. The van der Waals surface area contributed by atoms with Gasteiger partial charge in [0, 0.05) is 0 Å². The highest BCUT2D eigenvalue weighted by Gasteiger charge is 2.34. The van der Waals surface area contributed by atoms with Gasteiger partial charge in [-0.1, -0.05) is 47.0 Å². The van der Waals surface area contributed by atoms with Gasteiger partial charge in [-0.15, -0.1) is 10.2 Å². The molecule has 1 amide bonds. The number of nitrogens with one attached hydrogen (secondary N) is 1. The second-order valence-electron chi connectivity index (χ2n) is 4.33. The van der Waals surface area contributed by atoms with Crippen molar-refractivity contribution >= 4 is 46.5 Å². The summed E-state index contributed by atoms with van der Waals surface area (Å²) < 4.78 is 40.1. The van der Waals surface area contributed by atoms with Gasteiger partial charge in [-0.2, -0.15) is 13.2 Å². The van der Waals surface area contributed by atoms with E-state index in [1.165, 1.54) is 41.3 Å². The molecule has 0 spiro atoms. The molecule has 0 aliphatic heterocycles. The lowest BCUT2D eigenvalue weighted by molar-refractivity contribution is -0.137. The van der Waals surface area contributed by atoms with E-state index in [0.29, 0.717) is 4.34 Å². The maximum absolute atomic E-state index is 12.9. The Morgan fingerprint density at radius 3 is 2.52 bits per heavy atom. The summed E-state index contributed by atoms with van der Waals surface area (Å²) in [4.78, 5) is 12.1. The Kier molecular flexibility index (Phi) is 5.93. The summed E-state index contributed by atoms with van der Waals surface area (Å²) in [5, 5.41) is 9.56. The molecule has 0 aliphatic rings. The highest BCUT2D eigenvalue weighted by atomic mass is 32.2. The first-order valence-electron chi connectivity index (χ1n) is 6.32. The summed E-state index contributed by atoms with van der Waals surface area (Å²) in [7, 11) is 0. The summed E-state index contributed by atoms with van der Waals surface area (Å²) in [5.41, 5.74) is -1.12. The number of amides is 1. The molecule has 0 radical (unpaired) electrons. The average molecular weight is 379 g/mol. The minimum Gasteiger partial charge on any atom is -0.325 e. The zero-order valence-corrected chi connectivity index (χ0v) is 14.5. The number of aromatic nitrogens is 2. The molecule has 0 bridgehead atoms. The Balaban J connectivity index is 2.07. The number of nitrogens with zero attached hydrogens (tertiary/aromatic N) is 2. The number of anilines is 1. The molecule has 4 nitrogen and oxygen atoms in total. The van der Waals surface area contributed by atoms with Gasteiger partial charge in [0.1, 0.15) is 0 Å². The van der Waals surface area contributed by atoms with Crippen LogP contribution >= 0.6 is 34.9 Å². The standard InChI is InChI=1S/C13H12F3N3OS3/c1-7(22-12-19-18-11(21-2)23-12)10(20)17-9-6-4-3-5-8(9)13(14,15)16/h3-7H,1-2H3,(H,17,20). The van der Waals surface area contributed by atoms with E-state index in [2.05, 4.69) is 15.5 Å². The Morgan fingerprint density at radius 1 is 1.26 bits per heavy atom. The van der Waals surface area contributed by atoms with Crippen LogP contribution in [-0.4, -0.2) is 27.6 Å². The number of halogens is 3. The zero-order valence-electron chi connectivity index (χ0n) is 12.0. The molecule has 23 heavy (non-hydrogen) atoms. The van der Waals surface area contributed by atoms with Crippen LogP contribution in [0.2, 0.25) is 0 Å². The summed E-state index contributed by atoms with van der Waals surface area (Å²) >= 11 is 3.93. The maximum atomic E-state index is 12.9. The van der Waals surface area contributed by atoms with Crippen LogP contribution in [0.15, 0.2) is 32.9 Å². The fraction of sp³-hybridized carbons (Fsp3) is 0.308. The SMILES string of the molecule is CSc1nnc(SC(C)C(=O)Nc2ccccc2C(F)(F)F)s1. The summed E-state index contributed by atoms with van der Waals surface area (Å²) in [6.45, 7) is 1.61. The normalized spacial score (nSPS) is 12.9. The van der Waals surface area contributed by atoms with Crippen molar-refractivity contribution in [3.63, 3.8) is 0 Å². The minimum atomic E-state index is -4.52. The molecule has 2 aromatic rings.